The Labute approximate surface area is 68.5 Å². The van der Waals surface area contributed by atoms with E-state index in [0.29, 0.717) is 5.56 Å². The lowest BCUT2D eigenvalue weighted by atomic mass is 10.1. The van der Waals surface area contributed by atoms with E-state index in [4.69, 9.17) is 10.8 Å². The van der Waals surface area contributed by atoms with Crippen LogP contribution in [0.3, 0.4) is 0 Å². The molecule has 0 aromatic carbocycles. The van der Waals surface area contributed by atoms with E-state index in [1.807, 2.05) is 12.3 Å². The summed E-state index contributed by atoms with van der Waals surface area (Å²) >= 11 is 1.51. The van der Waals surface area contributed by atoms with Gasteiger partial charge in [-0.2, -0.15) is 0 Å². The van der Waals surface area contributed by atoms with Gasteiger partial charge in [-0.3, -0.25) is 4.79 Å². The predicted octanol–water partition coefficient (Wildman–Crippen LogP) is 1.14. The molecule has 0 aliphatic rings. The molecule has 4 heteroatoms. The van der Waals surface area contributed by atoms with Crippen molar-refractivity contribution in [2.75, 3.05) is 0 Å². The summed E-state index contributed by atoms with van der Waals surface area (Å²) in [4.78, 5) is 11.4. The van der Waals surface area contributed by atoms with Crippen LogP contribution < -0.4 is 5.73 Å². The Kier molecular flexibility index (Phi) is 2.26. The monoisotopic (exact) mass is 171 g/mol. The van der Waals surface area contributed by atoms with Crippen LogP contribution in [0, 0.1) is 6.92 Å². The van der Waals surface area contributed by atoms with Gasteiger partial charge in [0.25, 0.3) is 0 Å². The van der Waals surface area contributed by atoms with Crippen LogP contribution >= 0.6 is 11.3 Å². The van der Waals surface area contributed by atoms with Crippen LogP contribution in [-0.2, 0) is 4.79 Å². The molecule has 1 heterocycles. The maximum atomic E-state index is 10.4. The highest BCUT2D eigenvalue weighted by molar-refractivity contribution is 7.10. The van der Waals surface area contributed by atoms with Crippen molar-refractivity contribution in [1.82, 2.24) is 0 Å². The van der Waals surface area contributed by atoms with E-state index in [2.05, 4.69) is 0 Å². The summed E-state index contributed by atoms with van der Waals surface area (Å²) < 4.78 is 0. The average Bonchev–Trinajstić information content (AvgIpc) is 2.33. The van der Waals surface area contributed by atoms with Crippen molar-refractivity contribution in [2.24, 2.45) is 5.73 Å². The first-order chi connectivity index (χ1) is 5.13. The molecule has 1 aromatic rings. The third-order valence-corrected chi connectivity index (χ3v) is 2.36. The molecule has 1 rings (SSSR count). The molecule has 0 saturated heterocycles. The van der Waals surface area contributed by atoms with Gasteiger partial charge in [0.05, 0.1) is 0 Å². The third-order valence-electron chi connectivity index (χ3n) is 1.50. The number of aryl methyl sites for hydroxylation is 1. The van der Waals surface area contributed by atoms with Crippen LogP contribution in [0.5, 0.6) is 0 Å². The fraction of sp³-hybridized carbons (Fsp3) is 0.286. The molecule has 0 spiro atoms. The quantitative estimate of drug-likeness (QED) is 0.701. The lowest BCUT2D eigenvalue weighted by Gasteiger charge is -2.03. The van der Waals surface area contributed by atoms with Gasteiger partial charge in [-0.15, -0.1) is 11.3 Å². The maximum Gasteiger partial charge on any atom is 0.325 e. The van der Waals surface area contributed by atoms with Crippen LogP contribution in [-0.4, -0.2) is 11.1 Å². The van der Waals surface area contributed by atoms with Crippen molar-refractivity contribution in [1.29, 1.82) is 0 Å². The fourth-order valence-corrected chi connectivity index (χ4v) is 1.60. The smallest absolute Gasteiger partial charge is 0.325 e. The van der Waals surface area contributed by atoms with Crippen LogP contribution in [0.15, 0.2) is 11.4 Å². The number of hydrogen-bond acceptors (Lipinski definition) is 3. The Morgan fingerprint density at radius 2 is 2.45 bits per heavy atom. The second kappa shape index (κ2) is 3.02. The average molecular weight is 171 g/mol. The van der Waals surface area contributed by atoms with Gasteiger partial charge < -0.3 is 10.8 Å². The molecule has 0 bridgehead atoms. The minimum atomic E-state index is -0.980. The summed E-state index contributed by atoms with van der Waals surface area (Å²) in [6, 6.07) is 0.875. The Morgan fingerprint density at radius 1 is 1.82 bits per heavy atom. The highest BCUT2D eigenvalue weighted by Crippen LogP contribution is 2.20. The number of carbonyl (C=O) groups is 1. The molecule has 60 valence electrons. The summed E-state index contributed by atoms with van der Waals surface area (Å²) in [7, 11) is 0. The van der Waals surface area contributed by atoms with Gasteiger partial charge in [0, 0.05) is 4.88 Å². The van der Waals surface area contributed by atoms with Gasteiger partial charge in [-0.1, -0.05) is 0 Å². The van der Waals surface area contributed by atoms with Gasteiger partial charge in [-0.05, 0) is 23.9 Å². The highest BCUT2D eigenvalue weighted by atomic mass is 32.1. The molecule has 0 aliphatic heterocycles. The van der Waals surface area contributed by atoms with E-state index in [0.717, 1.165) is 4.88 Å². The van der Waals surface area contributed by atoms with E-state index in [-0.39, 0.29) is 0 Å². The molecular formula is C7H9NO2S. The summed E-state index contributed by atoms with van der Waals surface area (Å²) in [5, 5.41) is 10.4. The summed E-state index contributed by atoms with van der Waals surface area (Å²) in [6.45, 7) is 1.86. The van der Waals surface area contributed by atoms with E-state index < -0.39 is 12.0 Å². The Hall–Kier alpha value is -0.870. The zero-order valence-electron chi connectivity index (χ0n) is 6.07. The van der Waals surface area contributed by atoms with Crippen molar-refractivity contribution >= 4 is 17.3 Å². The molecule has 3 N–H and O–H groups in total. The number of carboxylic acid groups (broad SMARTS) is 1. The Bertz CT molecular complexity index is 269. The molecule has 0 aliphatic carbocycles. The first-order valence-corrected chi connectivity index (χ1v) is 4.03. The van der Waals surface area contributed by atoms with Gasteiger partial charge in [-0.25, -0.2) is 0 Å². The number of aliphatic carboxylic acids is 1. The SMILES string of the molecule is Cc1sccc1C(N)C(=O)O. The van der Waals surface area contributed by atoms with Crippen LogP contribution in [0.2, 0.25) is 0 Å². The van der Waals surface area contributed by atoms with E-state index in [9.17, 15) is 4.79 Å². The molecule has 0 radical (unpaired) electrons. The number of thiophene rings is 1. The van der Waals surface area contributed by atoms with Gasteiger partial charge in [0.1, 0.15) is 6.04 Å². The zero-order valence-corrected chi connectivity index (χ0v) is 6.89. The number of hydrogen-bond donors (Lipinski definition) is 2. The van der Waals surface area contributed by atoms with Gasteiger partial charge in [0.15, 0.2) is 0 Å². The Balaban J connectivity index is 2.92. The molecule has 0 saturated carbocycles. The minimum absolute atomic E-state index is 0.711. The van der Waals surface area contributed by atoms with Crippen LogP contribution in [0.25, 0.3) is 0 Å². The van der Waals surface area contributed by atoms with Crippen molar-refractivity contribution in [3.8, 4) is 0 Å². The van der Waals surface area contributed by atoms with Gasteiger partial charge in [0.2, 0.25) is 0 Å². The van der Waals surface area contributed by atoms with Crippen molar-refractivity contribution in [2.45, 2.75) is 13.0 Å². The lowest BCUT2D eigenvalue weighted by molar-refractivity contribution is -0.138. The van der Waals surface area contributed by atoms with Crippen molar-refractivity contribution in [3.63, 3.8) is 0 Å². The molecule has 0 fully saturated rings. The van der Waals surface area contributed by atoms with E-state index in [1.165, 1.54) is 11.3 Å². The predicted molar refractivity (Wildman–Crippen MR) is 43.6 cm³/mol. The molecular weight excluding hydrogens is 162 g/mol. The highest BCUT2D eigenvalue weighted by Gasteiger charge is 2.16. The zero-order chi connectivity index (χ0) is 8.43. The topological polar surface area (TPSA) is 63.3 Å². The van der Waals surface area contributed by atoms with E-state index in [1.54, 1.807) is 6.07 Å². The molecule has 3 nitrogen and oxygen atoms in total. The summed E-state index contributed by atoms with van der Waals surface area (Å²) in [6.07, 6.45) is 0. The normalized spacial score (nSPS) is 12.9. The van der Waals surface area contributed by atoms with Crippen molar-refractivity contribution in [3.05, 3.63) is 21.9 Å². The first kappa shape index (κ1) is 8.23. The summed E-state index contributed by atoms with van der Waals surface area (Å²) in [5.41, 5.74) is 6.10. The molecule has 1 atom stereocenters. The largest absolute Gasteiger partial charge is 0.480 e. The Morgan fingerprint density at radius 3 is 2.82 bits per heavy atom. The number of nitrogens with two attached hydrogens (primary N) is 1. The number of rotatable bonds is 2. The minimum Gasteiger partial charge on any atom is -0.480 e. The second-order valence-corrected chi connectivity index (χ2v) is 3.37. The van der Waals surface area contributed by atoms with Crippen molar-refractivity contribution < 1.29 is 9.90 Å². The third kappa shape index (κ3) is 1.58. The van der Waals surface area contributed by atoms with Crippen LogP contribution in [0.4, 0.5) is 0 Å². The maximum absolute atomic E-state index is 10.4. The second-order valence-electron chi connectivity index (χ2n) is 2.25. The summed E-state index contributed by atoms with van der Waals surface area (Å²) in [5.74, 6) is -0.980. The molecule has 1 unspecified atom stereocenters. The number of carboxylic acids is 1. The molecule has 0 amide bonds. The standard InChI is InChI=1S/C7H9NO2S/c1-4-5(2-3-11-4)6(8)7(9)10/h2-3,6H,8H2,1H3,(H,9,10). The lowest BCUT2D eigenvalue weighted by Crippen LogP contribution is -2.20. The molecule has 11 heavy (non-hydrogen) atoms. The fourth-order valence-electron chi connectivity index (χ4n) is 0.850. The van der Waals surface area contributed by atoms with Crippen LogP contribution in [0.1, 0.15) is 16.5 Å². The van der Waals surface area contributed by atoms with E-state index >= 15 is 0 Å². The molecule has 1 aromatic heterocycles. The van der Waals surface area contributed by atoms with Gasteiger partial charge >= 0.3 is 5.97 Å². The first-order valence-electron chi connectivity index (χ1n) is 3.15.